The fourth-order valence-corrected chi connectivity index (χ4v) is 2.62. The Kier molecular flexibility index (Phi) is 3.07. The van der Waals surface area contributed by atoms with E-state index < -0.39 is 5.60 Å². The first-order chi connectivity index (χ1) is 7.55. The number of aryl methyl sites for hydroxylation is 2. The Morgan fingerprint density at radius 3 is 2.81 bits per heavy atom. The second-order valence-corrected chi connectivity index (χ2v) is 5.40. The lowest BCUT2D eigenvalue weighted by molar-refractivity contribution is 0.129. The summed E-state index contributed by atoms with van der Waals surface area (Å²) >= 11 is 0. The van der Waals surface area contributed by atoms with Crippen molar-refractivity contribution in [1.82, 2.24) is 0 Å². The van der Waals surface area contributed by atoms with Crippen LogP contribution in [0.15, 0.2) is 18.2 Å². The van der Waals surface area contributed by atoms with Crippen molar-refractivity contribution in [2.75, 3.05) is 0 Å². The number of aliphatic hydroxyl groups is 1. The molecule has 1 aliphatic carbocycles. The molecule has 88 valence electrons. The minimum Gasteiger partial charge on any atom is -0.389 e. The molecule has 0 aromatic heterocycles. The Balaban J connectivity index is 2.07. The summed E-state index contributed by atoms with van der Waals surface area (Å²) in [7, 11) is 0. The molecular formula is C15H22O. The molecule has 2 rings (SSSR count). The molecule has 1 saturated carbocycles. The lowest BCUT2D eigenvalue weighted by Crippen LogP contribution is -2.15. The Morgan fingerprint density at radius 2 is 2.12 bits per heavy atom. The van der Waals surface area contributed by atoms with E-state index in [9.17, 15) is 5.11 Å². The number of rotatable bonds is 4. The van der Waals surface area contributed by atoms with E-state index in [0.717, 1.165) is 12.8 Å². The first-order valence-electron chi connectivity index (χ1n) is 6.33. The molecule has 0 heterocycles. The van der Waals surface area contributed by atoms with Crippen molar-refractivity contribution in [2.24, 2.45) is 5.92 Å². The maximum atomic E-state index is 10.4. The molecule has 1 aromatic rings. The Morgan fingerprint density at radius 1 is 1.38 bits per heavy atom. The summed E-state index contributed by atoms with van der Waals surface area (Å²) in [4.78, 5) is 0. The summed E-state index contributed by atoms with van der Waals surface area (Å²) in [6.07, 6.45) is 4.18. The average Bonchev–Trinajstić information content (AvgIpc) is 2.84. The molecule has 1 heteroatoms. The van der Waals surface area contributed by atoms with Crippen molar-refractivity contribution in [3.8, 4) is 0 Å². The number of benzene rings is 1. The molecule has 1 nitrogen and oxygen atoms in total. The van der Waals surface area contributed by atoms with Crippen LogP contribution in [0, 0.1) is 19.8 Å². The van der Waals surface area contributed by atoms with Crippen LogP contribution in [0.2, 0.25) is 0 Å². The third-order valence-electron chi connectivity index (χ3n) is 3.84. The van der Waals surface area contributed by atoms with Crippen LogP contribution < -0.4 is 0 Å². The second kappa shape index (κ2) is 4.21. The van der Waals surface area contributed by atoms with Gasteiger partial charge in [-0.1, -0.05) is 37.1 Å². The van der Waals surface area contributed by atoms with Crippen LogP contribution in [0.4, 0.5) is 0 Å². The first-order valence-corrected chi connectivity index (χ1v) is 6.33. The highest BCUT2D eigenvalue weighted by atomic mass is 16.3. The van der Waals surface area contributed by atoms with Crippen LogP contribution in [-0.2, 0) is 6.42 Å². The SMILES string of the molecule is CCCC1CC1(O)Cc1cc(C)ccc1C. The molecule has 0 spiro atoms. The largest absolute Gasteiger partial charge is 0.389 e. The van der Waals surface area contributed by atoms with Crippen molar-refractivity contribution in [3.63, 3.8) is 0 Å². The fourth-order valence-electron chi connectivity index (χ4n) is 2.62. The number of hydrogen-bond acceptors (Lipinski definition) is 1. The Labute approximate surface area is 98.5 Å². The Hall–Kier alpha value is -0.820. The van der Waals surface area contributed by atoms with Gasteiger partial charge in [-0.25, -0.2) is 0 Å². The highest BCUT2D eigenvalue weighted by Crippen LogP contribution is 2.48. The van der Waals surface area contributed by atoms with Crippen LogP contribution in [-0.4, -0.2) is 10.7 Å². The second-order valence-electron chi connectivity index (χ2n) is 5.40. The summed E-state index contributed by atoms with van der Waals surface area (Å²) in [6, 6.07) is 6.51. The normalized spacial score (nSPS) is 28.1. The molecule has 0 radical (unpaired) electrons. The third-order valence-corrected chi connectivity index (χ3v) is 3.84. The quantitative estimate of drug-likeness (QED) is 0.821. The van der Waals surface area contributed by atoms with Crippen LogP contribution in [0.1, 0.15) is 42.9 Å². The van der Waals surface area contributed by atoms with Crippen molar-refractivity contribution < 1.29 is 5.11 Å². The zero-order chi connectivity index (χ0) is 11.8. The molecule has 0 bridgehead atoms. The standard InChI is InChI=1S/C15H22O/c1-4-5-14-10-15(14,16)9-13-8-11(2)6-7-12(13)3/h6-8,14,16H,4-5,9-10H2,1-3H3. The predicted molar refractivity (Wildman–Crippen MR) is 67.6 cm³/mol. The molecule has 2 unspecified atom stereocenters. The molecule has 1 aromatic carbocycles. The van der Waals surface area contributed by atoms with Crippen LogP contribution in [0.5, 0.6) is 0 Å². The maximum absolute atomic E-state index is 10.4. The summed E-state index contributed by atoms with van der Waals surface area (Å²) in [5, 5.41) is 10.4. The molecule has 1 fully saturated rings. The van der Waals surface area contributed by atoms with Gasteiger partial charge in [0.05, 0.1) is 5.60 Å². The van der Waals surface area contributed by atoms with Crippen molar-refractivity contribution >= 4 is 0 Å². The van der Waals surface area contributed by atoms with Gasteiger partial charge >= 0.3 is 0 Å². The summed E-state index contributed by atoms with van der Waals surface area (Å²) < 4.78 is 0. The van der Waals surface area contributed by atoms with E-state index in [1.54, 1.807) is 0 Å². The van der Waals surface area contributed by atoms with E-state index in [1.165, 1.54) is 29.5 Å². The van der Waals surface area contributed by atoms with Gasteiger partial charge in [-0.05, 0) is 43.7 Å². The van der Waals surface area contributed by atoms with Gasteiger partial charge in [0.1, 0.15) is 0 Å². The molecule has 2 atom stereocenters. The first kappa shape index (κ1) is 11.7. The van der Waals surface area contributed by atoms with E-state index in [1.807, 2.05) is 0 Å². The summed E-state index contributed by atoms with van der Waals surface area (Å²) in [6.45, 7) is 6.44. The zero-order valence-electron chi connectivity index (χ0n) is 10.6. The highest BCUT2D eigenvalue weighted by Gasteiger charge is 2.51. The van der Waals surface area contributed by atoms with Gasteiger partial charge < -0.3 is 5.11 Å². The van der Waals surface area contributed by atoms with Crippen molar-refractivity contribution in [3.05, 3.63) is 34.9 Å². The monoisotopic (exact) mass is 218 g/mol. The smallest absolute Gasteiger partial charge is 0.0720 e. The van der Waals surface area contributed by atoms with E-state index in [-0.39, 0.29) is 0 Å². The van der Waals surface area contributed by atoms with Gasteiger partial charge in [-0.15, -0.1) is 0 Å². The third kappa shape index (κ3) is 2.30. The molecule has 0 aliphatic heterocycles. The van der Waals surface area contributed by atoms with Gasteiger partial charge in [0.2, 0.25) is 0 Å². The van der Waals surface area contributed by atoms with Crippen molar-refractivity contribution in [2.45, 2.75) is 52.1 Å². The molecule has 16 heavy (non-hydrogen) atoms. The van der Waals surface area contributed by atoms with Gasteiger partial charge in [0, 0.05) is 6.42 Å². The molecule has 0 saturated heterocycles. The molecular weight excluding hydrogens is 196 g/mol. The van der Waals surface area contributed by atoms with Gasteiger partial charge in [0.15, 0.2) is 0 Å². The van der Waals surface area contributed by atoms with Gasteiger partial charge in [-0.3, -0.25) is 0 Å². The molecule has 1 aliphatic rings. The minimum absolute atomic E-state index is 0.394. The number of hydrogen-bond donors (Lipinski definition) is 1. The molecule has 1 N–H and O–H groups in total. The van der Waals surface area contributed by atoms with E-state index in [0.29, 0.717) is 5.92 Å². The summed E-state index contributed by atoms with van der Waals surface area (Å²) in [5.41, 5.74) is 3.52. The lowest BCUT2D eigenvalue weighted by Gasteiger charge is -2.13. The summed E-state index contributed by atoms with van der Waals surface area (Å²) in [5.74, 6) is 0.539. The van der Waals surface area contributed by atoms with Crippen LogP contribution >= 0.6 is 0 Å². The maximum Gasteiger partial charge on any atom is 0.0720 e. The van der Waals surface area contributed by atoms with E-state index in [4.69, 9.17) is 0 Å². The lowest BCUT2D eigenvalue weighted by atomic mass is 9.97. The fraction of sp³-hybridized carbons (Fsp3) is 0.600. The van der Waals surface area contributed by atoms with E-state index >= 15 is 0 Å². The zero-order valence-corrected chi connectivity index (χ0v) is 10.6. The minimum atomic E-state index is -0.394. The van der Waals surface area contributed by atoms with Gasteiger partial charge in [0.25, 0.3) is 0 Å². The molecule has 0 amide bonds. The van der Waals surface area contributed by atoms with Gasteiger partial charge in [-0.2, -0.15) is 0 Å². The highest BCUT2D eigenvalue weighted by molar-refractivity contribution is 5.33. The predicted octanol–water partition coefficient (Wildman–Crippen LogP) is 3.40. The van der Waals surface area contributed by atoms with Crippen LogP contribution in [0.25, 0.3) is 0 Å². The van der Waals surface area contributed by atoms with Crippen LogP contribution in [0.3, 0.4) is 0 Å². The van der Waals surface area contributed by atoms with Crippen molar-refractivity contribution in [1.29, 1.82) is 0 Å². The van der Waals surface area contributed by atoms with E-state index in [2.05, 4.69) is 39.0 Å². The average molecular weight is 218 g/mol. The Bertz CT molecular complexity index is 383. The topological polar surface area (TPSA) is 20.2 Å².